The number of imidazole rings is 1. The number of piperazine rings is 1. The van der Waals surface area contributed by atoms with Crippen LogP contribution in [0.2, 0.25) is 0 Å². The van der Waals surface area contributed by atoms with Crippen molar-refractivity contribution >= 4 is 21.7 Å². The van der Waals surface area contributed by atoms with Gasteiger partial charge in [-0.1, -0.05) is 0 Å². The maximum absolute atomic E-state index is 12.7. The summed E-state index contributed by atoms with van der Waals surface area (Å²) in [5, 5.41) is 11.5. The largest absolute Gasteiger partial charge is 0.369 e. The molecule has 1 aliphatic rings. The van der Waals surface area contributed by atoms with Crippen molar-refractivity contribution in [3.63, 3.8) is 0 Å². The summed E-state index contributed by atoms with van der Waals surface area (Å²) in [7, 11) is -1.77. The van der Waals surface area contributed by atoms with E-state index in [4.69, 9.17) is 0 Å². The molecule has 0 aromatic carbocycles. The van der Waals surface area contributed by atoms with E-state index in [0.29, 0.717) is 32.0 Å². The minimum absolute atomic E-state index is 0.107. The van der Waals surface area contributed by atoms with E-state index in [1.165, 1.54) is 4.31 Å². The Kier molecular flexibility index (Phi) is 4.91. The number of nitrogens with one attached hydrogen (secondary N) is 1. The summed E-state index contributed by atoms with van der Waals surface area (Å²) in [6, 6.07) is 3.78. The Morgan fingerprint density at radius 3 is 2.40 bits per heavy atom. The summed E-state index contributed by atoms with van der Waals surface area (Å²) in [4.78, 5) is 6.19. The highest BCUT2D eigenvalue weighted by Gasteiger charge is 2.31. The maximum atomic E-state index is 12.7. The zero-order valence-electron chi connectivity index (χ0n) is 14.7. The molecule has 0 aliphatic carbocycles. The summed E-state index contributed by atoms with van der Waals surface area (Å²) in [6.45, 7) is 6.51. The van der Waals surface area contributed by atoms with Gasteiger partial charge in [0.25, 0.3) is 10.0 Å². The first-order valence-corrected chi connectivity index (χ1v) is 9.68. The van der Waals surface area contributed by atoms with Gasteiger partial charge in [0.2, 0.25) is 0 Å². The van der Waals surface area contributed by atoms with Crippen LogP contribution in [0.4, 0.5) is 11.6 Å². The van der Waals surface area contributed by atoms with E-state index in [0.717, 1.165) is 18.2 Å². The van der Waals surface area contributed by atoms with Gasteiger partial charge in [-0.25, -0.2) is 13.4 Å². The third-order valence-electron chi connectivity index (χ3n) is 4.26. The van der Waals surface area contributed by atoms with Gasteiger partial charge < -0.3 is 14.8 Å². The fourth-order valence-corrected chi connectivity index (χ4v) is 4.16. The van der Waals surface area contributed by atoms with Crippen LogP contribution < -0.4 is 10.2 Å². The molecule has 1 aliphatic heterocycles. The van der Waals surface area contributed by atoms with Gasteiger partial charge in [-0.3, -0.25) is 0 Å². The van der Waals surface area contributed by atoms with Crippen molar-refractivity contribution in [1.29, 1.82) is 0 Å². The Hall–Kier alpha value is -2.20. The van der Waals surface area contributed by atoms with Crippen LogP contribution in [-0.4, -0.2) is 65.2 Å². The summed E-state index contributed by atoms with van der Waals surface area (Å²) >= 11 is 0. The number of hydrogen-bond acceptors (Lipinski definition) is 7. The van der Waals surface area contributed by atoms with Crippen molar-refractivity contribution in [2.24, 2.45) is 7.05 Å². The lowest BCUT2D eigenvalue weighted by atomic mass is 10.3. The molecule has 1 saturated heterocycles. The highest BCUT2D eigenvalue weighted by molar-refractivity contribution is 7.89. The monoisotopic (exact) mass is 365 g/mol. The predicted molar refractivity (Wildman–Crippen MR) is 95.1 cm³/mol. The topological polar surface area (TPSA) is 96.2 Å². The molecule has 136 valence electrons. The van der Waals surface area contributed by atoms with Crippen LogP contribution in [-0.2, 0) is 17.1 Å². The van der Waals surface area contributed by atoms with E-state index in [1.54, 1.807) is 24.7 Å². The van der Waals surface area contributed by atoms with E-state index >= 15 is 0 Å². The second kappa shape index (κ2) is 6.96. The summed E-state index contributed by atoms with van der Waals surface area (Å²) in [5.74, 6) is 2.17. The second-order valence-electron chi connectivity index (χ2n) is 5.94. The number of rotatable bonds is 5. The third kappa shape index (κ3) is 3.59. The highest BCUT2D eigenvalue weighted by atomic mass is 32.2. The fraction of sp³-hybridized carbons (Fsp3) is 0.533. The molecule has 0 saturated carbocycles. The molecule has 0 bridgehead atoms. The molecule has 0 amide bonds. The van der Waals surface area contributed by atoms with E-state index in [-0.39, 0.29) is 5.03 Å². The Labute approximate surface area is 147 Å². The Morgan fingerprint density at radius 1 is 1.16 bits per heavy atom. The normalized spacial score (nSPS) is 16.2. The lowest BCUT2D eigenvalue weighted by Crippen LogP contribution is -2.49. The van der Waals surface area contributed by atoms with E-state index < -0.39 is 10.0 Å². The molecule has 3 heterocycles. The van der Waals surface area contributed by atoms with Crippen LogP contribution in [0.25, 0.3) is 0 Å². The van der Waals surface area contributed by atoms with Gasteiger partial charge in [0.15, 0.2) is 10.8 Å². The molecular formula is C15H23N7O2S. The van der Waals surface area contributed by atoms with Crippen LogP contribution >= 0.6 is 0 Å². The number of anilines is 2. The first-order valence-electron chi connectivity index (χ1n) is 8.24. The molecule has 9 nitrogen and oxygen atoms in total. The summed E-state index contributed by atoms with van der Waals surface area (Å²) < 4.78 is 28.6. The second-order valence-corrected chi connectivity index (χ2v) is 7.82. The van der Waals surface area contributed by atoms with Crippen molar-refractivity contribution in [3.05, 3.63) is 24.2 Å². The molecule has 1 fully saturated rings. The van der Waals surface area contributed by atoms with Crippen LogP contribution in [0, 0.1) is 6.92 Å². The molecule has 0 unspecified atom stereocenters. The third-order valence-corrected chi connectivity index (χ3v) is 6.03. The Balaban J connectivity index is 1.67. The van der Waals surface area contributed by atoms with Crippen molar-refractivity contribution in [2.45, 2.75) is 18.9 Å². The molecule has 25 heavy (non-hydrogen) atoms. The molecule has 3 rings (SSSR count). The Morgan fingerprint density at radius 2 is 1.88 bits per heavy atom. The van der Waals surface area contributed by atoms with Crippen molar-refractivity contribution < 1.29 is 8.42 Å². The molecular weight excluding hydrogens is 342 g/mol. The van der Waals surface area contributed by atoms with E-state index in [1.807, 2.05) is 24.0 Å². The zero-order chi connectivity index (χ0) is 18.0. The summed E-state index contributed by atoms with van der Waals surface area (Å²) in [5.41, 5.74) is 0. The summed E-state index contributed by atoms with van der Waals surface area (Å²) in [6.07, 6.45) is 1.56. The van der Waals surface area contributed by atoms with Crippen molar-refractivity contribution in [1.82, 2.24) is 24.1 Å². The smallest absolute Gasteiger partial charge is 0.262 e. The number of nitrogens with zero attached hydrogens (tertiary/aromatic N) is 6. The average molecular weight is 365 g/mol. The van der Waals surface area contributed by atoms with Gasteiger partial charge >= 0.3 is 0 Å². The molecule has 0 radical (unpaired) electrons. The minimum atomic E-state index is -3.55. The first kappa shape index (κ1) is 17.6. The quantitative estimate of drug-likeness (QED) is 0.822. The molecule has 2 aromatic rings. The number of sulfonamides is 1. The van der Waals surface area contributed by atoms with Crippen molar-refractivity contribution in [2.75, 3.05) is 42.9 Å². The molecule has 2 aromatic heterocycles. The predicted octanol–water partition coefficient (Wildman–Crippen LogP) is 0.461. The fourth-order valence-electron chi connectivity index (χ4n) is 2.71. The van der Waals surface area contributed by atoms with Gasteiger partial charge in [-0.05, 0) is 26.0 Å². The van der Waals surface area contributed by atoms with Gasteiger partial charge in [0.1, 0.15) is 11.6 Å². The van der Waals surface area contributed by atoms with Crippen LogP contribution in [0.1, 0.15) is 12.7 Å². The lowest BCUT2D eigenvalue weighted by molar-refractivity contribution is 0.382. The number of hydrogen-bond donors (Lipinski definition) is 1. The molecule has 10 heteroatoms. The van der Waals surface area contributed by atoms with Crippen LogP contribution in [0.15, 0.2) is 23.4 Å². The van der Waals surface area contributed by atoms with E-state index in [9.17, 15) is 8.42 Å². The van der Waals surface area contributed by atoms with Crippen molar-refractivity contribution in [3.8, 4) is 0 Å². The number of aryl methyl sites for hydroxylation is 2. The number of aromatic nitrogens is 4. The van der Waals surface area contributed by atoms with E-state index in [2.05, 4.69) is 20.5 Å². The highest BCUT2D eigenvalue weighted by Crippen LogP contribution is 2.19. The lowest BCUT2D eigenvalue weighted by Gasteiger charge is -2.33. The first-order chi connectivity index (χ1) is 11.9. The standard InChI is InChI=1S/C15H23N7O2S/c1-4-16-13-5-6-14(19-18-13)21-7-9-22(10-8-21)25(23,24)15-11-20(3)12(2)17-15/h5-6,11H,4,7-10H2,1-3H3,(H,16,18). The molecule has 0 spiro atoms. The van der Waals surface area contributed by atoms with Gasteiger partial charge in [-0.2, -0.15) is 4.31 Å². The minimum Gasteiger partial charge on any atom is -0.369 e. The van der Waals surface area contributed by atoms with Gasteiger partial charge in [-0.15, -0.1) is 10.2 Å². The van der Waals surface area contributed by atoms with Gasteiger partial charge in [0.05, 0.1) is 0 Å². The Bertz CT molecular complexity index is 805. The molecule has 1 N–H and O–H groups in total. The van der Waals surface area contributed by atoms with Gasteiger partial charge in [0, 0.05) is 46.0 Å². The zero-order valence-corrected chi connectivity index (χ0v) is 15.5. The van der Waals surface area contributed by atoms with Crippen LogP contribution in [0.5, 0.6) is 0 Å². The van der Waals surface area contributed by atoms with Crippen LogP contribution in [0.3, 0.4) is 0 Å². The SMILES string of the molecule is CCNc1ccc(N2CCN(S(=O)(=O)c3cn(C)c(C)n3)CC2)nn1. The molecule has 0 atom stereocenters. The average Bonchev–Trinajstić information content (AvgIpc) is 2.96. The maximum Gasteiger partial charge on any atom is 0.262 e.